The third-order valence-corrected chi connectivity index (χ3v) is 4.38. The van der Waals surface area contributed by atoms with Crippen LogP contribution < -0.4 is 10.5 Å². The zero-order valence-corrected chi connectivity index (χ0v) is 14.7. The van der Waals surface area contributed by atoms with Crippen molar-refractivity contribution in [2.45, 2.75) is 18.4 Å². The fourth-order valence-electron chi connectivity index (χ4n) is 2.33. The van der Waals surface area contributed by atoms with Crippen molar-refractivity contribution in [1.29, 1.82) is 0 Å². The maximum Gasteiger partial charge on any atom is 0.255 e. The van der Waals surface area contributed by atoms with E-state index in [2.05, 4.69) is 5.32 Å². The van der Waals surface area contributed by atoms with E-state index in [1.165, 1.54) is 12.1 Å². The summed E-state index contributed by atoms with van der Waals surface area (Å²) in [4.78, 5) is 14.4. The monoisotopic (exact) mass is 347 g/mol. The minimum absolute atomic E-state index is 0.0837. The van der Waals surface area contributed by atoms with Gasteiger partial charge in [-0.25, -0.2) is 13.6 Å². The number of aryl methyl sites for hydroxylation is 1. The number of nitrogens with zero attached hydrogens (tertiary/aromatic N) is 1. The zero-order chi connectivity index (χ0) is 17.9. The van der Waals surface area contributed by atoms with Gasteiger partial charge in [0.05, 0.1) is 4.90 Å². The molecule has 1 amide bonds. The van der Waals surface area contributed by atoms with Gasteiger partial charge in [-0.05, 0) is 56.4 Å². The third-order valence-electron chi connectivity index (χ3n) is 3.47. The standard InChI is InChI=1S/C17H21N3O3S/c1-12-7-8-15(24(18,22)23)10-16(12)17(21)19-14-6-4-5-13(9-14)11-20(2)3/h4-10H,11H2,1-3H3,(H,19,21)(H2,18,22,23). The molecule has 0 unspecified atom stereocenters. The van der Waals surface area contributed by atoms with Gasteiger partial charge in [-0.3, -0.25) is 4.79 Å². The average molecular weight is 347 g/mol. The van der Waals surface area contributed by atoms with Crippen molar-refractivity contribution < 1.29 is 13.2 Å². The van der Waals surface area contributed by atoms with Gasteiger partial charge in [0.2, 0.25) is 10.0 Å². The van der Waals surface area contributed by atoms with Crippen molar-refractivity contribution in [3.63, 3.8) is 0 Å². The largest absolute Gasteiger partial charge is 0.322 e. The fraction of sp³-hybridized carbons (Fsp3) is 0.235. The van der Waals surface area contributed by atoms with Crippen molar-refractivity contribution in [3.05, 3.63) is 59.2 Å². The molecule has 0 aliphatic rings. The molecule has 0 spiro atoms. The molecule has 0 aliphatic carbocycles. The van der Waals surface area contributed by atoms with Gasteiger partial charge in [0.15, 0.2) is 0 Å². The molecule has 128 valence electrons. The van der Waals surface area contributed by atoms with Gasteiger partial charge < -0.3 is 10.2 Å². The highest BCUT2D eigenvalue weighted by Gasteiger charge is 2.15. The Morgan fingerprint density at radius 3 is 2.50 bits per heavy atom. The number of sulfonamides is 1. The quantitative estimate of drug-likeness (QED) is 0.865. The summed E-state index contributed by atoms with van der Waals surface area (Å²) in [7, 11) is 0.0771. The van der Waals surface area contributed by atoms with Crippen molar-refractivity contribution >= 4 is 21.6 Å². The summed E-state index contributed by atoms with van der Waals surface area (Å²) in [5.41, 5.74) is 2.66. The van der Waals surface area contributed by atoms with Gasteiger partial charge in [-0.15, -0.1) is 0 Å². The van der Waals surface area contributed by atoms with E-state index < -0.39 is 10.0 Å². The predicted octanol–water partition coefficient (Wildman–Crippen LogP) is 1.96. The SMILES string of the molecule is Cc1ccc(S(N)(=O)=O)cc1C(=O)Nc1cccc(CN(C)C)c1. The van der Waals surface area contributed by atoms with Gasteiger partial charge in [0, 0.05) is 17.8 Å². The number of rotatable bonds is 5. The number of nitrogens with two attached hydrogens (primary N) is 1. The molecule has 0 bridgehead atoms. The van der Waals surface area contributed by atoms with E-state index in [1.54, 1.807) is 19.1 Å². The van der Waals surface area contributed by atoms with Crippen LogP contribution in [0.2, 0.25) is 0 Å². The van der Waals surface area contributed by atoms with Gasteiger partial charge in [0.25, 0.3) is 5.91 Å². The Bertz CT molecular complexity index is 861. The Morgan fingerprint density at radius 1 is 1.17 bits per heavy atom. The Labute approximate surface area is 142 Å². The van der Waals surface area contributed by atoms with E-state index in [-0.39, 0.29) is 16.4 Å². The first-order valence-corrected chi connectivity index (χ1v) is 8.90. The lowest BCUT2D eigenvalue weighted by Gasteiger charge is -2.12. The van der Waals surface area contributed by atoms with Crippen LogP contribution in [0.25, 0.3) is 0 Å². The number of carbonyl (C=O) groups excluding carboxylic acids is 1. The number of hydrogen-bond acceptors (Lipinski definition) is 4. The Morgan fingerprint density at radius 2 is 1.88 bits per heavy atom. The molecule has 0 fully saturated rings. The number of benzene rings is 2. The maximum atomic E-state index is 12.5. The lowest BCUT2D eigenvalue weighted by Crippen LogP contribution is -2.17. The normalized spacial score (nSPS) is 11.5. The van der Waals surface area contributed by atoms with Crippen molar-refractivity contribution in [3.8, 4) is 0 Å². The second kappa shape index (κ2) is 7.12. The van der Waals surface area contributed by atoms with Gasteiger partial charge in [-0.1, -0.05) is 18.2 Å². The molecule has 2 aromatic carbocycles. The number of nitrogens with one attached hydrogen (secondary N) is 1. The predicted molar refractivity (Wildman–Crippen MR) is 94.3 cm³/mol. The van der Waals surface area contributed by atoms with E-state index in [9.17, 15) is 13.2 Å². The molecule has 3 N–H and O–H groups in total. The second-order valence-corrected chi connectivity index (χ2v) is 7.48. The van der Waals surface area contributed by atoms with E-state index >= 15 is 0 Å². The summed E-state index contributed by atoms with van der Waals surface area (Å²) in [6.07, 6.45) is 0. The highest BCUT2D eigenvalue weighted by Crippen LogP contribution is 2.18. The van der Waals surface area contributed by atoms with Crippen LogP contribution in [0, 0.1) is 6.92 Å². The molecule has 2 aromatic rings. The Balaban J connectivity index is 2.27. The molecule has 0 aromatic heterocycles. The van der Waals surface area contributed by atoms with Gasteiger partial charge in [0.1, 0.15) is 0 Å². The van der Waals surface area contributed by atoms with E-state index in [0.29, 0.717) is 11.3 Å². The first kappa shape index (κ1) is 18.1. The molecule has 0 aliphatic heterocycles. The Hall–Kier alpha value is -2.22. The highest BCUT2D eigenvalue weighted by atomic mass is 32.2. The molecular weight excluding hydrogens is 326 g/mol. The molecule has 6 nitrogen and oxygen atoms in total. The molecule has 0 saturated carbocycles. The topological polar surface area (TPSA) is 92.5 Å². The molecule has 0 atom stereocenters. The molecule has 0 saturated heterocycles. The molecule has 0 radical (unpaired) electrons. The summed E-state index contributed by atoms with van der Waals surface area (Å²) in [6.45, 7) is 2.49. The molecule has 2 rings (SSSR count). The smallest absolute Gasteiger partial charge is 0.255 e. The van der Waals surface area contributed by atoms with Crippen LogP contribution >= 0.6 is 0 Å². The average Bonchev–Trinajstić information content (AvgIpc) is 2.46. The zero-order valence-electron chi connectivity index (χ0n) is 13.9. The highest BCUT2D eigenvalue weighted by molar-refractivity contribution is 7.89. The first-order chi connectivity index (χ1) is 11.2. The van der Waals surface area contributed by atoms with Crippen molar-refractivity contribution in [2.24, 2.45) is 5.14 Å². The van der Waals surface area contributed by atoms with E-state index in [4.69, 9.17) is 5.14 Å². The minimum Gasteiger partial charge on any atom is -0.322 e. The molecule has 0 heterocycles. The van der Waals surface area contributed by atoms with Crippen LogP contribution in [0.1, 0.15) is 21.5 Å². The lowest BCUT2D eigenvalue weighted by atomic mass is 10.1. The first-order valence-electron chi connectivity index (χ1n) is 7.35. The molecule has 24 heavy (non-hydrogen) atoms. The van der Waals surface area contributed by atoms with Crippen LogP contribution in [0.4, 0.5) is 5.69 Å². The number of amides is 1. The van der Waals surface area contributed by atoms with E-state index in [1.807, 2.05) is 37.2 Å². The van der Waals surface area contributed by atoms with Crippen LogP contribution in [0.5, 0.6) is 0 Å². The van der Waals surface area contributed by atoms with E-state index in [0.717, 1.165) is 12.1 Å². The number of hydrogen-bond donors (Lipinski definition) is 2. The Kier molecular flexibility index (Phi) is 5.38. The van der Waals surface area contributed by atoms with Gasteiger partial charge >= 0.3 is 0 Å². The number of primary sulfonamides is 1. The fourth-order valence-corrected chi connectivity index (χ4v) is 2.87. The van der Waals surface area contributed by atoms with Crippen molar-refractivity contribution in [2.75, 3.05) is 19.4 Å². The van der Waals surface area contributed by atoms with Crippen LogP contribution in [0.3, 0.4) is 0 Å². The summed E-state index contributed by atoms with van der Waals surface area (Å²) in [5, 5.41) is 7.93. The van der Waals surface area contributed by atoms with Crippen molar-refractivity contribution in [1.82, 2.24) is 4.90 Å². The van der Waals surface area contributed by atoms with Gasteiger partial charge in [-0.2, -0.15) is 0 Å². The number of carbonyl (C=O) groups is 1. The summed E-state index contributed by atoms with van der Waals surface area (Å²) in [6, 6.07) is 11.8. The summed E-state index contributed by atoms with van der Waals surface area (Å²) < 4.78 is 22.9. The van der Waals surface area contributed by atoms with Crippen LogP contribution in [-0.2, 0) is 16.6 Å². The second-order valence-electron chi connectivity index (χ2n) is 5.91. The van der Waals surface area contributed by atoms with Crippen LogP contribution in [-0.4, -0.2) is 33.3 Å². The third kappa shape index (κ3) is 4.64. The van der Waals surface area contributed by atoms with Crippen LogP contribution in [0.15, 0.2) is 47.4 Å². The molecule has 7 heteroatoms. The minimum atomic E-state index is -3.85. The lowest BCUT2D eigenvalue weighted by molar-refractivity contribution is 0.102. The maximum absolute atomic E-state index is 12.5. The number of anilines is 1. The summed E-state index contributed by atoms with van der Waals surface area (Å²) >= 11 is 0. The summed E-state index contributed by atoms with van der Waals surface area (Å²) in [5.74, 6) is -0.375. The molecular formula is C17H21N3O3S.